The second-order valence-corrected chi connectivity index (χ2v) is 5.77. The Labute approximate surface area is 121 Å². The lowest BCUT2D eigenvalue weighted by atomic mass is 9.80. The number of nitrogens with zero attached hydrogens (tertiary/aromatic N) is 1. The van der Waals surface area contributed by atoms with Crippen LogP contribution in [0.1, 0.15) is 58.1 Å². The van der Waals surface area contributed by atoms with Crippen molar-refractivity contribution in [3.8, 4) is 5.75 Å². The third-order valence-electron chi connectivity index (χ3n) is 4.26. The zero-order chi connectivity index (χ0) is 14.4. The first kappa shape index (κ1) is 15.0. The van der Waals surface area contributed by atoms with Gasteiger partial charge in [0, 0.05) is 5.69 Å². The van der Waals surface area contributed by atoms with Crippen molar-refractivity contribution in [2.24, 2.45) is 11.8 Å². The molecule has 0 radical (unpaired) electrons. The molecule has 0 aliphatic heterocycles. The molecule has 1 aliphatic carbocycles. The Hall–Kier alpha value is -1.38. The lowest BCUT2D eigenvalue weighted by Gasteiger charge is -2.26. The van der Waals surface area contributed by atoms with E-state index in [4.69, 9.17) is 4.74 Å². The first-order valence-corrected chi connectivity index (χ1v) is 7.89. The summed E-state index contributed by atoms with van der Waals surface area (Å²) in [5.74, 6) is 1.39. The molecule has 0 spiro atoms. The van der Waals surface area contributed by atoms with E-state index in [1.54, 1.807) is 6.20 Å². The van der Waals surface area contributed by atoms with Crippen LogP contribution in [0, 0.1) is 11.8 Å². The third kappa shape index (κ3) is 4.06. The number of hydrogen-bond acceptors (Lipinski definition) is 3. The van der Waals surface area contributed by atoms with Gasteiger partial charge in [-0.1, -0.05) is 26.7 Å². The summed E-state index contributed by atoms with van der Waals surface area (Å²) in [4.78, 5) is 16.4. The van der Waals surface area contributed by atoms with Crippen LogP contribution >= 0.6 is 0 Å². The van der Waals surface area contributed by atoms with Gasteiger partial charge >= 0.3 is 5.97 Å². The molecule has 0 atom stereocenters. The fourth-order valence-corrected chi connectivity index (χ4v) is 2.97. The first-order valence-electron chi connectivity index (χ1n) is 7.89. The summed E-state index contributed by atoms with van der Waals surface area (Å²) in [5, 5.41) is 0. The number of esters is 1. The van der Waals surface area contributed by atoms with Crippen LogP contribution in [0.3, 0.4) is 0 Å². The molecule has 1 aromatic heterocycles. The largest absolute Gasteiger partial charge is 0.425 e. The minimum absolute atomic E-state index is 0.0777. The van der Waals surface area contributed by atoms with Crippen molar-refractivity contribution in [2.45, 2.75) is 58.8 Å². The quantitative estimate of drug-likeness (QED) is 0.758. The van der Waals surface area contributed by atoms with E-state index >= 15 is 0 Å². The van der Waals surface area contributed by atoms with Gasteiger partial charge in [0.15, 0.2) is 0 Å². The normalized spacial score (nSPS) is 22.5. The van der Waals surface area contributed by atoms with Gasteiger partial charge in [-0.25, -0.2) is 0 Å². The van der Waals surface area contributed by atoms with Crippen LogP contribution in [0.25, 0.3) is 0 Å². The number of carbonyl (C=O) groups is 1. The van der Waals surface area contributed by atoms with Gasteiger partial charge in [-0.3, -0.25) is 9.78 Å². The molecule has 0 bridgehead atoms. The van der Waals surface area contributed by atoms with E-state index in [0.717, 1.165) is 30.9 Å². The van der Waals surface area contributed by atoms with Gasteiger partial charge in [-0.2, -0.15) is 0 Å². The molecule has 0 unspecified atom stereocenters. The van der Waals surface area contributed by atoms with Gasteiger partial charge in [0.05, 0.1) is 12.1 Å². The molecule has 3 nitrogen and oxygen atoms in total. The maximum absolute atomic E-state index is 12.1. The van der Waals surface area contributed by atoms with E-state index in [9.17, 15) is 4.79 Å². The maximum atomic E-state index is 12.1. The number of carbonyl (C=O) groups excluding carboxylic acids is 1. The fourth-order valence-electron chi connectivity index (χ4n) is 2.97. The van der Waals surface area contributed by atoms with Crippen molar-refractivity contribution >= 4 is 5.97 Å². The molecule has 0 aromatic carbocycles. The summed E-state index contributed by atoms with van der Waals surface area (Å²) in [6.07, 6.45) is 9.38. The van der Waals surface area contributed by atoms with Crippen LogP contribution in [0.5, 0.6) is 5.75 Å². The first-order chi connectivity index (χ1) is 9.72. The molecule has 0 amide bonds. The van der Waals surface area contributed by atoms with Crippen molar-refractivity contribution in [3.05, 3.63) is 24.0 Å². The lowest BCUT2D eigenvalue weighted by Crippen LogP contribution is -2.25. The number of aromatic nitrogens is 1. The van der Waals surface area contributed by atoms with Crippen molar-refractivity contribution in [1.29, 1.82) is 0 Å². The van der Waals surface area contributed by atoms with Crippen molar-refractivity contribution in [1.82, 2.24) is 4.98 Å². The third-order valence-corrected chi connectivity index (χ3v) is 4.26. The van der Waals surface area contributed by atoms with E-state index < -0.39 is 0 Å². The zero-order valence-electron chi connectivity index (χ0n) is 12.6. The monoisotopic (exact) mass is 275 g/mol. The van der Waals surface area contributed by atoms with Gasteiger partial charge in [0.1, 0.15) is 5.75 Å². The molecular formula is C17H25NO2. The number of aryl methyl sites for hydroxylation is 1. The highest BCUT2D eigenvalue weighted by molar-refractivity contribution is 5.75. The molecule has 1 aliphatic rings. The van der Waals surface area contributed by atoms with Gasteiger partial charge in [0.2, 0.25) is 0 Å². The number of rotatable bonds is 5. The average molecular weight is 275 g/mol. The molecule has 0 N–H and O–H groups in total. The van der Waals surface area contributed by atoms with E-state index in [-0.39, 0.29) is 11.9 Å². The average Bonchev–Trinajstić information content (AvgIpc) is 2.49. The number of hydrogen-bond donors (Lipinski definition) is 0. The highest BCUT2D eigenvalue weighted by atomic mass is 16.5. The second-order valence-electron chi connectivity index (χ2n) is 5.77. The summed E-state index contributed by atoms with van der Waals surface area (Å²) in [7, 11) is 0. The lowest BCUT2D eigenvalue weighted by molar-refractivity contribution is -0.140. The summed E-state index contributed by atoms with van der Waals surface area (Å²) in [6.45, 7) is 4.29. The standard InChI is InChI=1S/C17H25NO2/c1-3-5-13-6-8-14(9-7-13)17(19)20-16-11-10-15(4-2)18-12-16/h10-14H,3-9H2,1-2H3. The topological polar surface area (TPSA) is 39.2 Å². The Morgan fingerprint density at radius 3 is 2.55 bits per heavy atom. The molecular weight excluding hydrogens is 250 g/mol. The number of pyridine rings is 1. The summed E-state index contributed by atoms with van der Waals surface area (Å²) in [5.41, 5.74) is 1.02. The summed E-state index contributed by atoms with van der Waals surface area (Å²) >= 11 is 0. The van der Waals surface area contributed by atoms with Gasteiger partial charge < -0.3 is 4.74 Å². The van der Waals surface area contributed by atoms with Gasteiger partial charge in [-0.15, -0.1) is 0 Å². The molecule has 1 heterocycles. The molecule has 1 fully saturated rings. The Morgan fingerprint density at radius 2 is 2.00 bits per heavy atom. The smallest absolute Gasteiger partial charge is 0.314 e. The van der Waals surface area contributed by atoms with E-state index in [1.165, 1.54) is 25.7 Å². The van der Waals surface area contributed by atoms with Gasteiger partial charge in [0.25, 0.3) is 0 Å². The second kappa shape index (κ2) is 7.41. The van der Waals surface area contributed by atoms with Crippen LogP contribution in [-0.2, 0) is 11.2 Å². The van der Waals surface area contributed by atoms with Crippen LogP contribution in [0.2, 0.25) is 0 Å². The van der Waals surface area contributed by atoms with E-state index in [0.29, 0.717) is 5.75 Å². The minimum atomic E-state index is -0.0778. The summed E-state index contributed by atoms with van der Waals surface area (Å²) < 4.78 is 5.45. The molecule has 1 aromatic rings. The molecule has 20 heavy (non-hydrogen) atoms. The molecule has 3 heteroatoms. The molecule has 110 valence electrons. The Bertz CT molecular complexity index is 419. The Kier molecular flexibility index (Phi) is 5.57. The minimum Gasteiger partial charge on any atom is -0.425 e. The molecule has 0 saturated heterocycles. The zero-order valence-corrected chi connectivity index (χ0v) is 12.6. The van der Waals surface area contributed by atoms with E-state index in [2.05, 4.69) is 18.8 Å². The fraction of sp³-hybridized carbons (Fsp3) is 0.647. The number of ether oxygens (including phenoxy) is 1. The Morgan fingerprint density at radius 1 is 1.25 bits per heavy atom. The van der Waals surface area contributed by atoms with Crippen molar-refractivity contribution in [2.75, 3.05) is 0 Å². The SMILES string of the molecule is CCCC1CCC(C(=O)Oc2ccc(CC)nc2)CC1. The predicted molar refractivity (Wildman–Crippen MR) is 79.6 cm³/mol. The van der Waals surface area contributed by atoms with Crippen molar-refractivity contribution < 1.29 is 9.53 Å². The maximum Gasteiger partial charge on any atom is 0.314 e. The van der Waals surface area contributed by atoms with Crippen LogP contribution < -0.4 is 4.74 Å². The van der Waals surface area contributed by atoms with Gasteiger partial charge in [-0.05, 0) is 50.2 Å². The van der Waals surface area contributed by atoms with Crippen LogP contribution in [0.4, 0.5) is 0 Å². The van der Waals surface area contributed by atoms with E-state index in [1.807, 2.05) is 12.1 Å². The van der Waals surface area contributed by atoms with Crippen LogP contribution in [0.15, 0.2) is 18.3 Å². The molecule has 2 rings (SSSR count). The summed E-state index contributed by atoms with van der Waals surface area (Å²) in [6, 6.07) is 3.76. The highest BCUT2D eigenvalue weighted by Crippen LogP contribution is 2.32. The highest BCUT2D eigenvalue weighted by Gasteiger charge is 2.27. The predicted octanol–water partition coefficient (Wildman–Crippen LogP) is 4.16. The van der Waals surface area contributed by atoms with Crippen molar-refractivity contribution in [3.63, 3.8) is 0 Å². The Balaban J connectivity index is 1.83. The molecule has 1 saturated carbocycles. The van der Waals surface area contributed by atoms with Crippen LogP contribution in [-0.4, -0.2) is 11.0 Å².